The lowest BCUT2D eigenvalue weighted by Crippen LogP contribution is -2.42. The van der Waals surface area contributed by atoms with Crippen LogP contribution in [-0.4, -0.2) is 23.8 Å². The molecule has 7 heteroatoms. The molecule has 1 saturated carbocycles. The normalized spacial score (nSPS) is 21.2. The number of alkyl carbamates (subject to hydrolysis) is 1. The van der Waals surface area contributed by atoms with Crippen molar-refractivity contribution >= 4 is 35.0 Å². The standard InChI is InChI=1S/C17H23Cl2FN2O2/c1-17(2,3)24-16(23)22-11-6-4-10(5-7-11)21-12-8-13(18)15(20)14(19)9-12/h8-11,21H,4-7H2,1-3H3,(H,22,23). The Labute approximate surface area is 152 Å². The Morgan fingerprint density at radius 1 is 1.12 bits per heavy atom. The lowest BCUT2D eigenvalue weighted by atomic mass is 9.91. The van der Waals surface area contributed by atoms with Gasteiger partial charge < -0.3 is 15.4 Å². The van der Waals surface area contributed by atoms with Crippen molar-refractivity contribution in [2.75, 3.05) is 5.32 Å². The first-order chi connectivity index (χ1) is 11.1. The molecule has 0 saturated heterocycles. The van der Waals surface area contributed by atoms with E-state index in [9.17, 15) is 9.18 Å². The number of amides is 1. The first-order valence-corrected chi connectivity index (χ1v) is 8.80. The Kier molecular flexibility index (Phi) is 6.21. The molecular weight excluding hydrogens is 354 g/mol. The van der Waals surface area contributed by atoms with Crippen LogP contribution in [0.25, 0.3) is 0 Å². The second-order valence-electron chi connectivity index (χ2n) is 7.09. The van der Waals surface area contributed by atoms with Crippen molar-refractivity contribution in [1.29, 1.82) is 0 Å². The smallest absolute Gasteiger partial charge is 0.407 e. The molecule has 4 nitrogen and oxygen atoms in total. The summed E-state index contributed by atoms with van der Waals surface area (Å²) >= 11 is 11.6. The quantitative estimate of drug-likeness (QED) is 0.696. The average molecular weight is 377 g/mol. The van der Waals surface area contributed by atoms with Gasteiger partial charge in [0, 0.05) is 17.8 Å². The molecule has 1 aromatic rings. The van der Waals surface area contributed by atoms with E-state index in [0.717, 1.165) is 25.7 Å². The van der Waals surface area contributed by atoms with E-state index in [2.05, 4.69) is 10.6 Å². The molecule has 0 atom stereocenters. The third-order valence-corrected chi connectivity index (χ3v) is 4.35. The largest absolute Gasteiger partial charge is 0.444 e. The first kappa shape index (κ1) is 19.1. The molecule has 1 amide bonds. The fourth-order valence-electron chi connectivity index (χ4n) is 2.73. The first-order valence-electron chi connectivity index (χ1n) is 8.04. The maximum Gasteiger partial charge on any atom is 0.407 e. The van der Waals surface area contributed by atoms with Crippen molar-refractivity contribution in [3.05, 3.63) is 28.0 Å². The van der Waals surface area contributed by atoms with Crippen molar-refractivity contribution in [3.8, 4) is 0 Å². The number of rotatable bonds is 3. The van der Waals surface area contributed by atoms with Gasteiger partial charge in [-0.25, -0.2) is 9.18 Å². The highest BCUT2D eigenvalue weighted by molar-refractivity contribution is 6.35. The summed E-state index contributed by atoms with van der Waals surface area (Å²) in [5.74, 6) is -0.603. The van der Waals surface area contributed by atoms with Gasteiger partial charge in [-0.15, -0.1) is 0 Å². The van der Waals surface area contributed by atoms with Crippen LogP contribution < -0.4 is 10.6 Å². The Morgan fingerprint density at radius 3 is 2.12 bits per heavy atom. The van der Waals surface area contributed by atoms with Gasteiger partial charge in [-0.3, -0.25) is 0 Å². The van der Waals surface area contributed by atoms with E-state index in [1.165, 1.54) is 12.1 Å². The van der Waals surface area contributed by atoms with Gasteiger partial charge in [-0.05, 0) is 58.6 Å². The lowest BCUT2D eigenvalue weighted by molar-refractivity contribution is 0.0492. The second-order valence-corrected chi connectivity index (χ2v) is 7.91. The SMILES string of the molecule is CC(C)(C)OC(=O)NC1CCC(Nc2cc(Cl)c(F)c(Cl)c2)CC1. The summed E-state index contributed by atoms with van der Waals surface area (Å²) in [7, 11) is 0. The van der Waals surface area contributed by atoms with Crippen LogP contribution in [0.2, 0.25) is 10.0 Å². The summed E-state index contributed by atoms with van der Waals surface area (Å²) in [4.78, 5) is 11.8. The number of halogens is 3. The number of hydrogen-bond donors (Lipinski definition) is 2. The highest BCUT2D eigenvalue weighted by atomic mass is 35.5. The molecule has 0 aliphatic heterocycles. The molecule has 1 aliphatic rings. The number of hydrogen-bond acceptors (Lipinski definition) is 3. The second kappa shape index (κ2) is 7.79. The summed E-state index contributed by atoms with van der Waals surface area (Å²) in [6, 6.07) is 3.42. The van der Waals surface area contributed by atoms with E-state index < -0.39 is 11.4 Å². The van der Waals surface area contributed by atoms with E-state index >= 15 is 0 Å². The highest BCUT2D eigenvalue weighted by Crippen LogP contribution is 2.29. The molecule has 1 aliphatic carbocycles. The van der Waals surface area contributed by atoms with Gasteiger partial charge in [0.05, 0.1) is 10.0 Å². The van der Waals surface area contributed by atoms with Crippen LogP contribution in [-0.2, 0) is 4.74 Å². The van der Waals surface area contributed by atoms with Gasteiger partial charge in [-0.1, -0.05) is 23.2 Å². The fraction of sp³-hybridized carbons (Fsp3) is 0.588. The van der Waals surface area contributed by atoms with Gasteiger partial charge in [-0.2, -0.15) is 0 Å². The van der Waals surface area contributed by atoms with Crippen molar-refractivity contribution in [3.63, 3.8) is 0 Å². The van der Waals surface area contributed by atoms with E-state index in [1.807, 2.05) is 20.8 Å². The Morgan fingerprint density at radius 2 is 1.62 bits per heavy atom. The number of nitrogens with one attached hydrogen (secondary N) is 2. The number of carbonyl (C=O) groups is 1. The molecule has 0 radical (unpaired) electrons. The zero-order valence-corrected chi connectivity index (χ0v) is 15.6. The van der Waals surface area contributed by atoms with Gasteiger partial charge in [0.1, 0.15) is 5.60 Å². The maximum atomic E-state index is 13.4. The van der Waals surface area contributed by atoms with Crippen LogP contribution in [0, 0.1) is 5.82 Å². The highest BCUT2D eigenvalue weighted by Gasteiger charge is 2.25. The number of carbonyl (C=O) groups excluding carboxylic acids is 1. The summed E-state index contributed by atoms with van der Waals surface area (Å²) in [5, 5.41) is 6.24. The minimum absolute atomic E-state index is 0.00489. The van der Waals surface area contributed by atoms with Crippen molar-refractivity contribution in [1.82, 2.24) is 5.32 Å². The monoisotopic (exact) mass is 376 g/mol. The number of ether oxygens (including phenoxy) is 1. The van der Waals surface area contributed by atoms with Crippen LogP contribution in [0.5, 0.6) is 0 Å². The third-order valence-electron chi connectivity index (χ3n) is 3.80. The van der Waals surface area contributed by atoms with Crippen LogP contribution in [0.4, 0.5) is 14.9 Å². The summed E-state index contributed by atoms with van der Waals surface area (Å²) < 4.78 is 18.7. The van der Waals surface area contributed by atoms with Crippen LogP contribution in [0.1, 0.15) is 46.5 Å². The molecule has 0 bridgehead atoms. The number of anilines is 1. The van der Waals surface area contributed by atoms with Gasteiger partial charge in [0.25, 0.3) is 0 Å². The Balaban J connectivity index is 1.82. The number of benzene rings is 1. The molecular formula is C17H23Cl2FN2O2. The Bertz CT molecular complexity index is 574. The average Bonchev–Trinajstić information content (AvgIpc) is 2.45. The molecule has 0 aromatic heterocycles. The molecule has 1 fully saturated rings. The molecule has 0 unspecified atom stereocenters. The minimum Gasteiger partial charge on any atom is -0.444 e. The maximum absolute atomic E-state index is 13.4. The lowest BCUT2D eigenvalue weighted by Gasteiger charge is -2.31. The summed E-state index contributed by atoms with van der Waals surface area (Å²) in [5.41, 5.74) is 0.208. The van der Waals surface area contributed by atoms with E-state index in [0.29, 0.717) is 5.69 Å². The molecule has 2 rings (SSSR count). The summed E-state index contributed by atoms with van der Waals surface area (Å²) in [6.45, 7) is 5.52. The summed E-state index contributed by atoms with van der Waals surface area (Å²) in [6.07, 6.45) is 3.08. The third kappa shape index (κ3) is 5.71. The zero-order chi connectivity index (χ0) is 17.9. The van der Waals surface area contributed by atoms with Crippen molar-refractivity contribution in [2.45, 2.75) is 64.1 Å². The van der Waals surface area contributed by atoms with Crippen LogP contribution >= 0.6 is 23.2 Å². The van der Waals surface area contributed by atoms with E-state index in [4.69, 9.17) is 27.9 Å². The van der Waals surface area contributed by atoms with Gasteiger partial charge >= 0.3 is 6.09 Å². The topological polar surface area (TPSA) is 50.4 Å². The molecule has 0 spiro atoms. The van der Waals surface area contributed by atoms with Crippen molar-refractivity contribution in [2.24, 2.45) is 0 Å². The van der Waals surface area contributed by atoms with Crippen LogP contribution in [0.15, 0.2) is 12.1 Å². The predicted molar refractivity (Wildman–Crippen MR) is 95.5 cm³/mol. The van der Waals surface area contributed by atoms with Gasteiger partial charge in [0.2, 0.25) is 0 Å². The Hall–Kier alpha value is -1.20. The molecule has 134 valence electrons. The molecule has 2 N–H and O–H groups in total. The van der Waals surface area contributed by atoms with Crippen LogP contribution in [0.3, 0.4) is 0 Å². The molecule has 24 heavy (non-hydrogen) atoms. The molecule has 1 aromatic carbocycles. The fourth-order valence-corrected chi connectivity index (χ4v) is 3.22. The minimum atomic E-state index is -0.603. The zero-order valence-electron chi connectivity index (χ0n) is 14.1. The predicted octanol–water partition coefficient (Wildman–Crippen LogP) is 5.38. The molecule has 0 heterocycles. The van der Waals surface area contributed by atoms with Gasteiger partial charge in [0.15, 0.2) is 5.82 Å². The van der Waals surface area contributed by atoms with E-state index in [-0.39, 0.29) is 28.2 Å². The van der Waals surface area contributed by atoms with Crippen molar-refractivity contribution < 1.29 is 13.9 Å². The van der Waals surface area contributed by atoms with E-state index in [1.54, 1.807) is 0 Å².